The number of amides is 2. The molecular formula is C31H37N3O5. The Bertz CT molecular complexity index is 1180. The van der Waals surface area contributed by atoms with Crippen molar-refractivity contribution in [3.05, 3.63) is 101 Å². The molecule has 2 heterocycles. The van der Waals surface area contributed by atoms with Gasteiger partial charge in [0.15, 0.2) is 6.29 Å². The quantitative estimate of drug-likeness (QED) is 0.393. The third-order valence-corrected chi connectivity index (χ3v) is 7.40. The van der Waals surface area contributed by atoms with E-state index in [-0.39, 0.29) is 30.8 Å². The Morgan fingerprint density at radius 3 is 2.28 bits per heavy atom. The van der Waals surface area contributed by atoms with Crippen molar-refractivity contribution in [3.8, 4) is 0 Å². The molecule has 0 aromatic heterocycles. The first-order valence-electron chi connectivity index (χ1n) is 13.6. The summed E-state index contributed by atoms with van der Waals surface area (Å²) in [5.74, 6) is 0.123. The zero-order valence-electron chi connectivity index (χ0n) is 22.3. The van der Waals surface area contributed by atoms with Crippen molar-refractivity contribution in [1.82, 2.24) is 10.2 Å². The lowest BCUT2D eigenvalue weighted by Crippen LogP contribution is -2.47. The fourth-order valence-corrected chi connectivity index (χ4v) is 5.04. The largest absolute Gasteiger partial charge is 0.392 e. The average Bonchev–Trinajstić information content (AvgIpc) is 2.99. The molecule has 0 radical (unpaired) electrons. The minimum atomic E-state index is -0.546. The highest BCUT2D eigenvalue weighted by atomic mass is 16.7. The van der Waals surface area contributed by atoms with E-state index in [1.807, 2.05) is 78.9 Å². The molecule has 2 fully saturated rings. The second-order valence-electron chi connectivity index (χ2n) is 10.2. The van der Waals surface area contributed by atoms with Crippen molar-refractivity contribution in [3.63, 3.8) is 0 Å². The van der Waals surface area contributed by atoms with Crippen LogP contribution >= 0.6 is 0 Å². The van der Waals surface area contributed by atoms with Crippen LogP contribution in [-0.2, 0) is 27.4 Å². The molecule has 3 aromatic carbocycles. The number of nitrogens with zero attached hydrogens (tertiary/aromatic N) is 1. The maximum atomic E-state index is 12.4. The van der Waals surface area contributed by atoms with Gasteiger partial charge in [0.1, 0.15) is 0 Å². The number of carbonyl (C=O) groups is 1. The Morgan fingerprint density at radius 2 is 1.59 bits per heavy atom. The molecule has 2 aliphatic heterocycles. The summed E-state index contributed by atoms with van der Waals surface area (Å²) in [5.41, 5.74) is 4.55. The lowest BCUT2D eigenvalue weighted by Gasteiger charge is -2.43. The summed E-state index contributed by atoms with van der Waals surface area (Å²) >= 11 is 0. The summed E-state index contributed by atoms with van der Waals surface area (Å²) in [6.45, 7) is 6.70. The molecule has 0 aliphatic carbocycles. The van der Waals surface area contributed by atoms with E-state index in [1.54, 1.807) is 0 Å². The normalized spacial score (nSPS) is 23.7. The molecular weight excluding hydrogens is 494 g/mol. The fourth-order valence-electron chi connectivity index (χ4n) is 5.04. The van der Waals surface area contributed by atoms with Crippen molar-refractivity contribution in [1.29, 1.82) is 0 Å². The lowest BCUT2D eigenvalue weighted by molar-refractivity contribution is -0.277. The molecule has 2 amide bonds. The van der Waals surface area contributed by atoms with Gasteiger partial charge in [-0.15, -0.1) is 0 Å². The fraction of sp³-hybridized carbons (Fsp3) is 0.387. The van der Waals surface area contributed by atoms with Crippen LogP contribution in [0.25, 0.3) is 0 Å². The molecule has 2 saturated heterocycles. The summed E-state index contributed by atoms with van der Waals surface area (Å²) < 4.78 is 18.6. The summed E-state index contributed by atoms with van der Waals surface area (Å²) in [6.07, 6.45) is -0.745. The summed E-state index contributed by atoms with van der Waals surface area (Å²) in [6, 6.07) is 25.1. The van der Waals surface area contributed by atoms with E-state index in [9.17, 15) is 9.90 Å². The van der Waals surface area contributed by atoms with Crippen molar-refractivity contribution in [2.24, 2.45) is 5.92 Å². The molecule has 0 saturated carbocycles. The van der Waals surface area contributed by atoms with Gasteiger partial charge in [0, 0.05) is 43.3 Å². The van der Waals surface area contributed by atoms with Gasteiger partial charge in [-0.1, -0.05) is 73.7 Å². The van der Waals surface area contributed by atoms with Gasteiger partial charge in [0.05, 0.1) is 32.0 Å². The number of hydrogen-bond donors (Lipinski definition) is 3. The van der Waals surface area contributed by atoms with Crippen molar-refractivity contribution >= 4 is 11.7 Å². The number of rotatable bonds is 8. The van der Waals surface area contributed by atoms with Crippen LogP contribution in [-0.4, -0.2) is 55.0 Å². The van der Waals surface area contributed by atoms with Gasteiger partial charge in [0.25, 0.3) is 0 Å². The number of anilines is 1. The Labute approximate surface area is 229 Å². The second-order valence-corrected chi connectivity index (χ2v) is 10.2. The van der Waals surface area contributed by atoms with Crippen molar-refractivity contribution < 1.29 is 24.1 Å². The van der Waals surface area contributed by atoms with Gasteiger partial charge in [-0.3, -0.25) is 4.90 Å². The van der Waals surface area contributed by atoms with Crippen LogP contribution < -0.4 is 10.6 Å². The predicted octanol–water partition coefficient (Wildman–Crippen LogP) is 4.62. The van der Waals surface area contributed by atoms with Gasteiger partial charge < -0.3 is 30.0 Å². The second kappa shape index (κ2) is 13.2. The Hall–Kier alpha value is -3.27. The van der Waals surface area contributed by atoms with Gasteiger partial charge in [-0.2, -0.15) is 0 Å². The zero-order chi connectivity index (χ0) is 27.0. The number of carbonyl (C=O) groups excluding carboxylic acids is 1. The van der Waals surface area contributed by atoms with E-state index < -0.39 is 6.29 Å². The number of aliphatic hydroxyl groups excluding tert-OH is 1. The standard InChI is InChI=1S/C31H37N3O5/c1-22-28(20-34-15-17-37-18-16-34)38-30(39-29(22)25-9-7-24(21-35)8-10-25)26-11-13-27(14-12-26)33-31(36)32-19-23-5-3-2-4-6-23/h2-14,22,28-30,35H,15-21H2,1H3,(H2,32,33,36). The number of benzene rings is 3. The number of aliphatic hydroxyl groups is 1. The first-order chi connectivity index (χ1) is 19.1. The molecule has 5 rings (SSSR count). The SMILES string of the molecule is CC1C(CN2CCOCC2)OC(c2ccc(NC(=O)NCc3ccccc3)cc2)OC1c1ccc(CO)cc1. The third kappa shape index (κ3) is 7.23. The average molecular weight is 532 g/mol. The van der Waals surface area contributed by atoms with Crippen LogP contribution in [0.2, 0.25) is 0 Å². The molecule has 3 N–H and O–H groups in total. The number of morpholine rings is 1. The summed E-state index contributed by atoms with van der Waals surface area (Å²) in [5, 5.41) is 15.2. The van der Waals surface area contributed by atoms with Crippen LogP contribution in [0.15, 0.2) is 78.9 Å². The molecule has 4 unspecified atom stereocenters. The van der Waals surface area contributed by atoms with E-state index in [0.717, 1.165) is 55.1 Å². The molecule has 4 atom stereocenters. The smallest absolute Gasteiger partial charge is 0.319 e. The van der Waals surface area contributed by atoms with Crippen molar-refractivity contribution in [2.45, 2.75) is 38.6 Å². The van der Waals surface area contributed by atoms with E-state index in [0.29, 0.717) is 12.2 Å². The number of urea groups is 1. The highest BCUT2D eigenvalue weighted by Crippen LogP contribution is 2.42. The molecule has 3 aromatic rings. The third-order valence-electron chi connectivity index (χ3n) is 7.40. The molecule has 8 nitrogen and oxygen atoms in total. The molecule has 206 valence electrons. The van der Waals surface area contributed by atoms with E-state index in [4.69, 9.17) is 14.2 Å². The maximum absolute atomic E-state index is 12.4. The van der Waals surface area contributed by atoms with Gasteiger partial charge >= 0.3 is 6.03 Å². The van der Waals surface area contributed by atoms with Crippen LogP contribution in [0.3, 0.4) is 0 Å². The minimum absolute atomic E-state index is 0.0113. The zero-order valence-corrected chi connectivity index (χ0v) is 22.3. The first kappa shape index (κ1) is 27.3. The van der Waals surface area contributed by atoms with Crippen LogP contribution in [0.1, 0.15) is 41.6 Å². The number of nitrogens with one attached hydrogen (secondary N) is 2. The molecule has 0 bridgehead atoms. The Balaban J connectivity index is 1.27. The molecule has 0 spiro atoms. The van der Waals surface area contributed by atoms with E-state index >= 15 is 0 Å². The first-order valence-corrected chi connectivity index (χ1v) is 13.6. The number of hydrogen-bond acceptors (Lipinski definition) is 6. The predicted molar refractivity (Wildman–Crippen MR) is 149 cm³/mol. The summed E-state index contributed by atoms with van der Waals surface area (Å²) in [4.78, 5) is 14.8. The Kier molecular flexibility index (Phi) is 9.23. The van der Waals surface area contributed by atoms with Gasteiger partial charge in [0.2, 0.25) is 0 Å². The van der Waals surface area contributed by atoms with E-state index in [1.165, 1.54) is 0 Å². The number of ether oxygens (including phenoxy) is 3. The highest BCUT2D eigenvalue weighted by Gasteiger charge is 2.39. The monoisotopic (exact) mass is 531 g/mol. The van der Waals surface area contributed by atoms with Gasteiger partial charge in [-0.05, 0) is 28.8 Å². The highest BCUT2D eigenvalue weighted by molar-refractivity contribution is 5.89. The maximum Gasteiger partial charge on any atom is 0.319 e. The lowest BCUT2D eigenvalue weighted by atomic mass is 9.90. The van der Waals surface area contributed by atoms with Gasteiger partial charge in [-0.25, -0.2) is 4.79 Å². The summed E-state index contributed by atoms with van der Waals surface area (Å²) in [7, 11) is 0. The van der Waals surface area contributed by atoms with Crippen LogP contribution in [0, 0.1) is 5.92 Å². The molecule has 39 heavy (non-hydrogen) atoms. The Morgan fingerprint density at radius 1 is 0.897 bits per heavy atom. The topological polar surface area (TPSA) is 92.3 Å². The minimum Gasteiger partial charge on any atom is -0.392 e. The molecule has 2 aliphatic rings. The van der Waals surface area contributed by atoms with Crippen LogP contribution in [0.4, 0.5) is 10.5 Å². The van der Waals surface area contributed by atoms with E-state index in [2.05, 4.69) is 22.5 Å². The van der Waals surface area contributed by atoms with Crippen LogP contribution in [0.5, 0.6) is 0 Å². The molecule has 8 heteroatoms. The van der Waals surface area contributed by atoms with Crippen molar-refractivity contribution in [2.75, 3.05) is 38.2 Å².